The van der Waals surface area contributed by atoms with Crippen LogP contribution >= 0.6 is 15.9 Å². The van der Waals surface area contributed by atoms with Crippen molar-refractivity contribution in [2.24, 2.45) is 0 Å². The van der Waals surface area contributed by atoms with Gasteiger partial charge < -0.3 is 4.74 Å². The molecule has 0 amide bonds. The highest BCUT2D eigenvalue weighted by atomic mass is 79.9. The first-order valence-corrected chi connectivity index (χ1v) is 7.57. The summed E-state index contributed by atoms with van der Waals surface area (Å²) in [6.07, 6.45) is 2.84. The highest BCUT2D eigenvalue weighted by Gasteiger charge is 2.29. The molecule has 1 fully saturated rings. The van der Waals surface area contributed by atoms with Crippen molar-refractivity contribution in [1.82, 2.24) is 4.90 Å². The SMILES string of the molecule is COC(=O)[C@H]1CCCCN1Cc1ccc([N+](=O)[O-])cc1Br. The van der Waals surface area contributed by atoms with Crippen molar-refractivity contribution in [3.05, 3.63) is 38.3 Å². The number of piperidine rings is 1. The second-order valence-electron chi connectivity index (χ2n) is 5.04. The molecule has 1 aromatic carbocycles. The van der Waals surface area contributed by atoms with Crippen LogP contribution in [0.4, 0.5) is 5.69 Å². The summed E-state index contributed by atoms with van der Waals surface area (Å²) in [4.78, 5) is 24.2. The first-order chi connectivity index (χ1) is 10.0. The van der Waals surface area contributed by atoms with Gasteiger partial charge in [-0.1, -0.05) is 22.4 Å². The number of esters is 1. The number of non-ortho nitro benzene ring substituents is 1. The molecule has 2 rings (SSSR count). The fourth-order valence-corrected chi connectivity index (χ4v) is 3.07. The van der Waals surface area contributed by atoms with Gasteiger partial charge in [-0.2, -0.15) is 0 Å². The number of methoxy groups -OCH3 is 1. The number of halogens is 1. The number of rotatable bonds is 4. The van der Waals surface area contributed by atoms with Gasteiger partial charge in [-0.3, -0.25) is 19.8 Å². The minimum absolute atomic E-state index is 0.0498. The van der Waals surface area contributed by atoms with Gasteiger partial charge in [0.05, 0.1) is 12.0 Å². The minimum Gasteiger partial charge on any atom is -0.468 e. The number of benzene rings is 1. The summed E-state index contributed by atoms with van der Waals surface area (Å²) in [7, 11) is 1.40. The maximum absolute atomic E-state index is 11.8. The van der Waals surface area contributed by atoms with E-state index in [2.05, 4.69) is 20.8 Å². The van der Waals surface area contributed by atoms with Gasteiger partial charge in [-0.25, -0.2) is 0 Å². The summed E-state index contributed by atoms with van der Waals surface area (Å²) >= 11 is 3.37. The highest BCUT2D eigenvalue weighted by molar-refractivity contribution is 9.10. The summed E-state index contributed by atoms with van der Waals surface area (Å²) < 4.78 is 5.54. The molecule has 1 atom stereocenters. The molecule has 21 heavy (non-hydrogen) atoms. The Balaban J connectivity index is 2.15. The Morgan fingerprint density at radius 1 is 1.52 bits per heavy atom. The van der Waals surface area contributed by atoms with E-state index in [4.69, 9.17) is 4.74 Å². The van der Waals surface area contributed by atoms with Gasteiger partial charge in [-0.15, -0.1) is 0 Å². The summed E-state index contributed by atoms with van der Waals surface area (Å²) in [5.74, 6) is -0.215. The zero-order valence-corrected chi connectivity index (χ0v) is 13.3. The molecule has 6 nitrogen and oxygen atoms in total. The Bertz CT molecular complexity index is 550. The lowest BCUT2D eigenvalue weighted by molar-refractivity contribution is -0.384. The number of likely N-dealkylation sites (tertiary alicyclic amines) is 1. The lowest BCUT2D eigenvalue weighted by atomic mass is 10.0. The van der Waals surface area contributed by atoms with E-state index in [0.717, 1.165) is 31.4 Å². The molecular formula is C14H17BrN2O4. The molecule has 1 aromatic rings. The first-order valence-electron chi connectivity index (χ1n) is 6.77. The van der Waals surface area contributed by atoms with Crippen LogP contribution in [-0.4, -0.2) is 35.5 Å². The Morgan fingerprint density at radius 3 is 2.90 bits per heavy atom. The van der Waals surface area contributed by atoms with E-state index in [-0.39, 0.29) is 17.7 Å². The topological polar surface area (TPSA) is 72.7 Å². The van der Waals surface area contributed by atoms with E-state index >= 15 is 0 Å². The van der Waals surface area contributed by atoms with Crippen molar-refractivity contribution in [1.29, 1.82) is 0 Å². The maximum atomic E-state index is 11.8. The van der Waals surface area contributed by atoms with Gasteiger partial charge in [0.2, 0.25) is 0 Å². The predicted molar refractivity (Wildman–Crippen MR) is 80.9 cm³/mol. The zero-order valence-electron chi connectivity index (χ0n) is 11.8. The van der Waals surface area contributed by atoms with E-state index in [9.17, 15) is 14.9 Å². The lowest BCUT2D eigenvalue weighted by Crippen LogP contribution is -2.44. The average Bonchev–Trinajstić information content (AvgIpc) is 2.49. The van der Waals surface area contributed by atoms with Gasteiger partial charge in [0, 0.05) is 23.2 Å². The normalized spacial score (nSPS) is 19.2. The third-order valence-corrected chi connectivity index (χ3v) is 4.45. The molecule has 0 spiro atoms. The van der Waals surface area contributed by atoms with Crippen LogP contribution in [0, 0.1) is 10.1 Å². The number of hydrogen-bond donors (Lipinski definition) is 0. The smallest absolute Gasteiger partial charge is 0.323 e. The molecule has 0 aliphatic carbocycles. The van der Waals surface area contributed by atoms with Crippen molar-refractivity contribution < 1.29 is 14.5 Å². The lowest BCUT2D eigenvalue weighted by Gasteiger charge is -2.33. The monoisotopic (exact) mass is 356 g/mol. The highest BCUT2D eigenvalue weighted by Crippen LogP contribution is 2.27. The van der Waals surface area contributed by atoms with Gasteiger partial charge >= 0.3 is 5.97 Å². The van der Waals surface area contributed by atoms with E-state index in [1.165, 1.54) is 19.2 Å². The van der Waals surface area contributed by atoms with E-state index in [1.54, 1.807) is 6.07 Å². The molecular weight excluding hydrogens is 340 g/mol. The summed E-state index contributed by atoms with van der Waals surface area (Å²) in [6.45, 7) is 1.39. The van der Waals surface area contributed by atoms with Crippen LogP contribution in [0.1, 0.15) is 24.8 Å². The quantitative estimate of drug-likeness (QED) is 0.471. The largest absolute Gasteiger partial charge is 0.468 e. The molecule has 7 heteroatoms. The maximum Gasteiger partial charge on any atom is 0.323 e. The van der Waals surface area contributed by atoms with E-state index in [1.807, 2.05) is 0 Å². The fourth-order valence-electron chi connectivity index (χ4n) is 2.58. The van der Waals surface area contributed by atoms with Crippen LogP contribution in [0.25, 0.3) is 0 Å². The van der Waals surface area contributed by atoms with Crippen LogP contribution in [0.15, 0.2) is 22.7 Å². The fraction of sp³-hybridized carbons (Fsp3) is 0.500. The Labute approximate surface area is 131 Å². The molecule has 1 aliphatic heterocycles. The predicted octanol–water partition coefficient (Wildman–Crippen LogP) is 2.88. The molecule has 0 unspecified atom stereocenters. The van der Waals surface area contributed by atoms with Crippen LogP contribution in [0.5, 0.6) is 0 Å². The molecule has 0 N–H and O–H groups in total. The van der Waals surface area contributed by atoms with Gasteiger partial charge in [0.25, 0.3) is 5.69 Å². The average molecular weight is 357 g/mol. The molecule has 1 aliphatic rings. The molecule has 1 heterocycles. The molecule has 0 radical (unpaired) electrons. The molecule has 114 valence electrons. The summed E-state index contributed by atoms with van der Waals surface area (Å²) in [5.41, 5.74) is 0.977. The third-order valence-electron chi connectivity index (χ3n) is 3.71. The van der Waals surface area contributed by atoms with E-state index < -0.39 is 4.92 Å². The number of ether oxygens (including phenoxy) is 1. The van der Waals surface area contributed by atoms with Crippen molar-refractivity contribution >= 4 is 27.6 Å². The Hall–Kier alpha value is -1.47. The molecule has 0 bridgehead atoms. The van der Waals surface area contributed by atoms with Crippen molar-refractivity contribution in [3.8, 4) is 0 Å². The van der Waals surface area contributed by atoms with Crippen molar-refractivity contribution in [2.75, 3.05) is 13.7 Å². The molecule has 0 saturated carbocycles. The second-order valence-corrected chi connectivity index (χ2v) is 5.89. The number of nitro benzene ring substituents is 1. The van der Waals surface area contributed by atoms with Crippen LogP contribution in [0.3, 0.4) is 0 Å². The first kappa shape index (κ1) is 15.9. The third kappa shape index (κ3) is 3.79. The minimum atomic E-state index is -0.424. The number of hydrogen-bond acceptors (Lipinski definition) is 5. The number of carbonyl (C=O) groups excluding carboxylic acids is 1. The van der Waals surface area contributed by atoms with Gasteiger partial charge in [0.15, 0.2) is 0 Å². The zero-order chi connectivity index (χ0) is 15.4. The Kier molecular flexibility index (Phi) is 5.30. The number of carbonyl (C=O) groups is 1. The van der Waals surface area contributed by atoms with Crippen molar-refractivity contribution in [3.63, 3.8) is 0 Å². The molecule has 1 saturated heterocycles. The van der Waals surface area contributed by atoms with Crippen LogP contribution < -0.4 is 0 Å². The standard InChI is InChI=1S/C14H17BrN2O4/c1-21-14(18)13-4-2-3-7-16(13)9-10-5-6-11(17(19)20)8-12(10)15/h5-6,8,13H,2-4,7,9H2,1H3/t13-/m1/s1. The molecule has 0 aromatic heterocycles. The van der Waals surface area contributed by atoms with E-state index in [0.29, 0.717) is 11.0 Å². The van der Waals surface area contributed by atoms with Gasteiger partial charge in [-0.05, 0) is 31.0 Å². The summed E-state index contributed by atoms with van der Waals surface area (Å²) in [5, 5.41) is 10.7. The van der Waals surface area contributed by atoms with Crippen LogP contribution in [0.2, 0.25) is 0 Å². The van der Waals surface area contributed by atoms with Gasteiger partial charge in [0.1, 0.15) is 6.04 Å². The number of nitro groups is 1. The van der Waals surface area contributed by atoms with Crippen LogP contribution in [-0.2, 0) is 16.1 Å². The summed E-state index contributed by atoms with van der Waals surface area (Å²) in [6, 6.07) is 4.47. The second kappa shape index (κ2) is 7.00. The number of nitrogens with zero attached hydrogens (tertiary/aromatic N) is 2. The Morgan fingerprint density at radius 2 is 2.29 bits per heavy atom. The van der Waals surface area contributed by atoms with Crippen molar-refractivity contribution in [2.45, 2.75) is 31.8 Å².